The summed E-state index contributed by atoms with van der Waals surface area (Å²) in [7, 11) is 0. The highest BCUT2D eigenvalue weighted by atomic mass is 35.5. The predicted octanol–water partition coefficient (Wildman–Crippen LogP) is 1.85. The summed E-state index contributed by atoms with van der Waals surface area (Å²) in [5, 5.41) is -1.73. The van der Waals surface area contributed by atoms with Gasteiger partial charge >= 0.3 is 0 Å². The van der Waals surface area contributed by atoms with E-state index in [1.807, 2.05) is 0 Å². The summed E-state index contributed by atoms with van der Waals surface area (Å²) in [4.78, 5) is 32.5. The van der Waals surface area contributed by atoms with Gasteiger partial charge in [0.1, 0.15) is 13.2 Å². The Morgan fingerprint density at radius 2 is 1.26 bits per heavy atom. The van der Waals surface area contributed by atoms with Crippen molar-refractivity contribution in [3.8, 4) is 0 Å². The number of halogens is 3. The van der Waals surface area contributed by atoms with Crippen LogP contribution in [0.15, 0.2) is 0 Å². The molecular formula is C11H13Cl3O5. The van der Waals surface area contributed by atoms with E-state index in [1.54, 1.807) is 0 Å². The monoisotopic (exact) mass is 330 g/mol. The summed E-state index contributed by atoms with van der Waals surface area (Å²) in [6.45, 7) is -0.479. The number of rotatable bonds is 7. The summed E-state index contributed by atoms with van der Waals surface area (Å²) in [5.74, 6) is -0.429. The lowest BCUT2D eigenvalue weighted by atomic mass is 9.86. The van der Waals surface area contributed by atoms with E-state index in [0.29, 0.717) is 19.3 Å². The molecule has 0 aromatic rings. The van der Waals surface area contributed by atoms with E-state index in [4.69, 9.17) is 44.3 Å². The van der Waals surface area contributed by atoms with Crippen molar-refractivity contribution in [2.24, 2.45) is 5.92 Å². The third-order valence-electron chi connectivity index (χ3n) is 2.81. The van der Waals surface area contributed by atoms with Gasteiger partial charge in [-0.3, -0.25) is 14.4 Å². The molecule has 1 aliphatic rings. The second-order valence-electron chi connectivity index (χ2n) is 4.28. The molecule has 0 saturated heterocycles. The first-order chi connectivity index (χ1) is 8.88. The Morgan fingerprint density at radius 3 is 1.58 bits per heavy atom. The molecule has 1 saturated carbocycles. The average molecular weight is 332 g/mol. The van der Waals surface area contributed by atoms with Crippen molar-refractivity contribution in [3.63, 3.8) is 0 Å². The normalized spacial score (nSPS) is 27.0. The van der Waals surface area contributed by atoms with Crippen molar-refractivity contribution in [1.29, 1.82) is 0 Å². The van der Waals surface area contributed by atoms with E-state index < -0.39 is 21.6 Å². The van der Waals surface area contributed by atoms with Crippen LogP contribution in [0.2, 0.25) is 0 Å². The van der Waals surface area contributed by atoms with E-state index in [0.717, 1.165) is 0 Å². The van der Waals surface area contributed by atoms with Gasteiger partial charge in [-0.05, 0) is 54.1 Å². The summed E-state index contributed by atoms with van der Waals surface area (Å²) in [6.07, 6.45) is 0.538. The lowest BCUT2D eigenvalue weighted by Gasteiger charge is -2.32. The van der Waals surface area contributed by atoms with Crippen LogP contribution >= 0.6 is 34.8 Å². The van der Waals surface area contributed by atoms with Gasteiger partial charge in [0.05, 0.1) is 12.2 Å². The Morgan fingerprint density at radius 1 is 0.842 bits per heavy atom. The maximum atomic E-state index is 11.2. The van der Waals surface area contributed by atoms with Gasteiger partial charge in [0.15, 0.2) is 0 Å². The van der Waals surface area contributed by atoms with Gasteiger partial charge in [-0.2, -0.15) is 0 Å². The second kappa shape index (κ2) is 8.17. The molecule has 1 aliphatic carbocycles. The van der Waals surface area contributed by atoms with Crippen LogP contribution in [0.3, 0.4) is 0 Å². The summed E-state index contributed by atoms with van der Waals surface area (Å²) >= 11 is 15.8. The third kappa shape index (κ3) is 6.68. The van der Waals surface area contributed by atoms with Crippen molar-refractivity contribution < 1.29 is 23.9 Å². The molecule has 19 heavy (non-hydrogen) atoms. The lowest BCUT2D eigenvalue weighted by molar-refractivity contribution is -0.129. The van der Waals surface area contributed by atoms with Gasteiger partial charge in [-0.1, -0.05) is 0 Å². The van der Waals surface area contributed by atoms with Crippen LogP contribution in [-0.4, -0.2) is 41.1 Å². The van der Waals surface area contributed by atoms with Crippen LogP contribution in [-0.2, 0) is 23.9 Å². The van der Waals surface area contributed by atoms with Gasteiger partial charge in [-0.25, -0.2) is 0 Å². The zero-order chi connectivity index (χ0) is 14.4. The maximum Gasteiger partial charge on any atom is 0.247 e. The third-order valence-corrected chi connectivity index (χ3v) is 3.33. The van der Waals surface area contributed by atoms with Crippen molar-refractivity contribution in [2.75, 3.05) is 13.2 Å². The zero-order valence-corrected chi connectivity index (χ0v) is 12.2. The molecule has 0 bridgehead atoms. The molecule has 0 amide bonds. The maximum absolute atomic E-state index is 11.2. The molecular weight excluding hydrogens is 318 g/mol. The minimum Gasteiger partial charge on any atom is -0.369 e. The Balaban J connectivity index is 2.54. The van der Waals surface area contributed by atoms with Crippen LogP contribution in [0.1, 0.15) is 19.3 Å². The van der Waals surface area contributed by atoms with Gasteiger partial charge in [-0.15, -0.1) is 0 Å². The van der Waals surface area contributed by atoms with E-state index >= 15 is 0 Å². The molecule has 0 aromatic carbocycles. The summed E-state index contributed by atoms with van der Waals surface area (Å²) in [6, 6.07) is 0. The Labute approximate surface area is 125 Å². The molecule has 0 aromatic heterocycles. The first-order valence-electron chi connectivity index (χ1n) is 5.67. The second-order valence-corrected chi connectivity index (χ2v) is 5.50. The number of hydrogen-bond donors (Lipinski definition) is 0. The average Bonchev–Trinajstić information content (AvgIpc) is 2.33. The van der Waals surface area contributed by atoms with Gasteiger partial charge in [0, 0.05) is 5.92 Å². The quantitative estimate of drug-likeness (QED) is 0.666. The molecule has 0 N–H and O–H groups in total. The van der Waals surface area contributed by atoms with E-state index in [9.17, 15) is 14.4 Å². The fraction of sp³-hybridized carbons (Fsp3) is 0.727. The largest absolute Gasteiger partial charge is 0.369 e. The van der Waals surface area contributed by atoms with Crippen molar-refractivity contribution in [2.45, 2.75) is 31.5 Å². The van der Waals surface area contributed by atoms with Gasteiger partial charge in [0.2, 0.25) is 15.7 Å². The van der Waals surface area contributed by atoms with Crippen molar-refractivity contribution in [1.82, 2.24) is 0 Å². The first-order valence-corrected chi connectivity index (χ1v) is 6.81. The van der Waals surface area contributed by atoms with Crippen LogP contribution in [0.25, 0.3) is 0 Å². The highest BCUT2D eigenvalue weighted by Crippen LogP contribution is 2.30. The molecule has 2 unspecified atom stereocenters. The molecule has 1 fully saturated rings. The van der Waals surface area contributed by atoms with Gasteiger partial charge in [0.25, 0.3) is 0 Å². The lowest BCUT2D eigenvalue weighted by Crippen LogP contribution is -2.36. The molecule has 1 rings (SSSR count). The molecule has 2 atom stereocenters. The molecule has 108 valence electrons. The first kappa shape index (κ1) is 16.9. The minimum absolute atomic E-state index is 0.240. The topological polar surface area (TPSA) is 69.7 Å². The molecule has 8 heteroatoms. The minimum atomic E-state index is -0.618. The van der Waals surface area contributed by atoms with Crippen LogP contribution in [0.5, 0.6) is 0 Å². The molecule has 5 nitrogen and oxygen atoms in total. The highest BCUT2D eigenvalue weighted by molar-refractivity contribution is 6.64. The number of hydrogen-bond acceptors (Lipinski definition) is 5. The molecule has 0 spiro atoms. The zero-order valence-electron chi connectivity index (χ0n) is 9.94. The van der Waals surface area contributed by atoms with Crippen LogP contribution in [0.4, 0.5) is 0 Å². The van der Waals surface area contributed by atoms with E-state index in [-0.39, 0.29) is 25.4 Å². The number of carbonyl (C=O) groups excluding carboxylic acids is 3. The number of ether oxygens (including phenoxy) is 2. The smallest absolute Gasteiger partial charge is 0.247 e. The highest BCUT2D eigenvalue weighted by Gasteiger charge is 2.33. The Hall–Kier alpha value is -0.200. The fourth-order valence-corrected chi connectivity index (χ4v) is 2.34. The van der Waals surface area contributed by atoms with Crippen LogP contribution in [0, 0.1) is 5.92 Å². The Kier molecular flexibility index (Phi) is 7.25. The Bertz CT molecular complexity index is 334. The molecule has 0 aliphatic heterocycles. The van der Waals surface area contributed by atoms with Crippen molar-refractivity contribution >= 4 is 50.5 Å². The van der Waals surface area contributed by atoms with E-state index in [1.165, 1.54) is 0 Å². The SMILES string of the molecule is O=C(Cl)COC1CC(OCC(=O)Cl)CC(C(=O)Cl)C1. The predicted molar refractivity (Wildman–Crippen MR) is 69.4 cm³/mol. The standard InChI is InChI=1S/C11H13Cl3O5/c12-9(15)4-18-7-1-6(11(14)17)2-8(3-7)19-5-10(13)16/h6-8H,1-5H2. The number of carbonyl (C=O) groups is 3. The molecule has 0 radical (unpaired) electrons. The van der Waals surface area contributed by atoms with Crippen molar-refractivity contribution in [3.05, 3.63) is 0 Å². The fourth-order valence-electron chi connectivity index (χ4n) is 2.04. The summed E-state index contributed by atoms with van der Waals surface area (Å²) in [5.41, 5.74) is 0. The van der Waals surface area contributed by atoms with Crippen LogP contribution < -0.4 is 0 Å². The van der Waals surface area contributed by atoms with Gasteiger partial charge < -0.3 is 9.47 Å². The summed E-state index contributed by atoms with van der Waals surface area (Å²) < 4.78 is 10.5. The van der Waals surface area contributed by atoms with E-state index in [2.05, 4.69) is 0 Å². The molecule has 0 heterocycles.